The Bertz CT molecular complexity index is 174. The van der Waals surface area contributed by atoms with Crippen LogP contribution < -0.4 is 0 Å². The largest absolute Gasteiger partial charge is 0.281 e. The van der Waals surface area contributed by atoms with Crippen molar-refractivity contribution in [3.05, 3.63) is 12.2 Å². The normalized spacial score (nSPS) is 25.2. The lowest BCUT2D eigenvalue weighted by molar-refractivity contribution is -0.112. The van der Waals surface area contributed by atoms with Gasteiger partial charge in [-0.05, 0) is 36.8 Å². The zero-order valence-electron chi connectivity index (χ0n) is 6.61. The first-order valence-corrected chi connectivity index (χ1v) is 4.44. The Balaban J connectivity index is 2.42. The first kappa shape index (κ1) is 8.79. The fourth-order valence-electron chi connectivity index (χ4n) is 1.59. The van der Waals surface area contributed by atoms with Crippen LogP contribution in [0.15, 0.2) is 12.2 Å². The molecule has 0 aromatic carbocycles. The summed E-state index contributed by atoms with van der Waals surface area (Å²) in [6.45, 7) is 3.94. The van der Waals surface area contributed by atoms with E-state index in [1.807, 2.05) is 0 Å². The van der Waals surface area contributed by atoms with Crippen LogP contribution in [0.5, 0.6) is 0 Å². The van der Waals surface area contributed by atoms with Crippen molar-refractivity contribution in [2.75, 3.05) is 0 Å². The van der Waals surface area contributed by atoms with Gasteiger partial charge in [-0.1, -0.05) is 18.6 Å². The van der Waals surface area contributed by atoms with Crippen LogP contribution in [0.25, 0.3) is 0 Å². The van der Waals surface area contributed by atoms with Crippen molar-refractivity contribution in [1.29, 1.82) is 0 Å². The number of rotatable bonds is 2. The molecule has 0 spiro atoms. The Morgan fingerprint density at radius 2 is 2.36 bits per heavy atom. The Morgan fingerprint density at radius 1 is 1.64 bits per heavy atom. The van der Waals surface area contributed by atoms with E-state index < -0.39 is 0 Å². The molecular weight excluding hydrogens is 160 g/mol. The summed E-state index contributed by atoms with van der Waals surface area (Å²) in [7, 11) is 0. The molecule has 1 unspecified atom stereocenters. The number of hydrogen-bond donors (Lipinski definition) is 0. The van der Waals surface area contributed by atoms with Gasteiger partial charge in [0.25, 0.3) is 0 Å². The van der Waals surface area contributed by atoms with E-state index in [0.29, 0.717) is 12.3 Å². The SMILES string of the molecule is C=C1CCCCC1CC(=O)Cl. The van der Waals surface area contributed by atoms with E-state index in [1.165, 1.54) is 18.4 Å². The van der Waals surface area contributed by atoms with Crippen molar-refractivity contribution >= 4 is 16.8 Å². The summed E-state index contributed by atoms with van der Waals surface area (Å²) in [5.74, 6) is 0.369. The Labute approximate surface area is 72.4 Å². The minimum atomic E-state index is -0.224. The highest BCUT2D eigenvalue weighted by Gasteiger charge is 2.18. The van der Waals surface area contributed by atoms with Gasteiger partial charge in [-0.25, -0.2) is 0 Å². The summed E-state index contributed by atoms with van der Waals surface area (Å²) >= 11 is 5.30. The zero-order chi connectivity index (χ0) is 8.27. The second-order valence-electron chi connectivity index (χ2n) is 3.16. The van der Waals surface area contributed by atoms with Gasteiger partial charge in [0.1, 0.15) is 0 Å². The van der Waals surface area contributed by atoms with Crippen molar-refractivity contribution in [3.8, 4) is 0 Å². The van der Waals surface area contributed by atoms with E-state index in [4.69, 9.17) is 11.6 Å². The van der Waals surface area contributed by atoms with Crippen LogP contribution in [0.1, 0.15) is 32.1 Å². The van der Waals surface area contributed by atoms with Crippen LogP contribution in [0.4, 0.5) is 0 Å². The molecule has 0 heterocycles. The highest BCUT2D eigenvalue weighted by atomic mass is 35.5. The van der Waals surface area contributed by atoms with Crippen LogP contribution >= 0.6 is 11.6 Å². The van der Waals surface area contributed by atoms with Crippen LogP contribution in [-0.4, -0.2) is 5.24 Å². The van der Waals surface area contributed by atoms with Crippen molar-refractivity contribution in [2.24, 2.45) is 5.92 Å². The third kappa shape index (κ3) is 2.66. The number of carbonyl (C=O) groups is 1. The summed E-state index contributed by atoms with van der Waals surface area (Å²) in [4.78, 5) is 10.6. The highest BCUT2D eigenvalue weighted by Crippen LogP contribution is 2.30. The van der Waals surface area contributed by atoms with E-state index in [2.05, 4.69) is 6.58 Å². The van der Waals surface area contributed by atoms with E-state index in [-0.39, 0.29) is 5.24 Å². The van der Waals surface area contributed by atoms with E-state index in [9.17, 15) is 4.79 Å². The molecule has 1 atom stereocenters. The van der Waals surface area contributed by atoms with Crippen LogP contribution in [0.2, 0.25) is 0 Å². The molecule has 0 aliphatic heterocycles. The lowest BCUT2D eigenvalue weighted by atomic mass is 9.83. The fraction of sp³-hybridized carbons (Fsp3) is 0.667. The van der Waals surface area contributed by atoms with Crippen molar-refractivity contribution in [3.63, 3.8) is 0 Å². The second-order valence-corrected chi connectivity index (χ2v) is 3.58. The minimum Gasteiger partial charge on any atom is -0.281 e. The van der Waals surface area contributed by atoms with Gasteiger partial charge < -0.3 is 0 Å². The average molecular weight is 173 g/mol. The molecule has 0 radical (unpaired) electrons. The van der Waals surface area contributed by atoms with Gasteiger partial charge in [0.2, 0.25) is 5.24 Å². The molecule has 0 aromatic heterocycles. The first-order chi connectivity index (χ1) is 5.20. The van der Waals surface area contributed by atoms with Crippen LogP contribution in [0.3, 0.4) is 0 Å². The summed E-state index contributed by atoms with van der Waals surface area (Å²) in [6, 6.07) is 0. The van der Waals surface area contributed by atoms with Crippen LogP contribution in [-0.2, 0) is 4.79 Å². The van der Waals surface area contributed by atoms with E-state index in [0.717, 1.165) is 12.8 Å². The fourth-order valence-corrected chi connectivity index (χ4v) is 1.78. The summed E-state index contributed by atoms with van der Waals surface area (Å²) in [5, 5.41) is -0.224. The van der Waals surface area contributed by atoms with Gasteiger partial charge in [-0.15, -0.1) is 0 Å². The van der Waals surface area contributed by atoms with Gasteiger partial charge in [0, 0.05) is 6.42 Å². The Kier molecular flexibility index (Phi) is 3.13. The average Bonchev–Trinajstić information content (AvgIpc) is 1.93. The van der Waals surface area contributed by atoms with Gasteiger partial charge in [-0.3, -0.25) is 4.79 Å². The molecule has 0 N–H and O–H groups in total. The molecule has 1 aliphatic rings. The van der Waals surface area contributed by atoms with Crippen molar-refractivity contribution in [2.45, 2.75) is 32.1 Å². The third-order valence-electron chi connectivity index (χ3n) is 2.28. The van der Waals surface area contributed by atoms with Crippen molar-refractivity contribution < 1.29 is 4.79 Å². The quantitative estimate of drug-likeness (QED) is 0.463. The Hall–Kier alpha value is -0.300. The molecule has 1 saturated carbocycles. The van der Waals surface area contributed by atoms with E-state index in [1.54, 1.807) is 0 Å². The molecule has 2 heteroatoms. The second kappa shape index (κ2) is 3.91. The maximum atomic E-state index is 10.6. The number of hydrogen-bond acceptors (Lipinski definition) is 1. The number of carbonyl (C=O) groups excluding carboxylic acids is 1. The Morgan fingerprint density at radius 3 is 2.91 bits per heavy atom. The molecule has 0 amide bonds. The predicted octanol–water partition coefficient (Wildman–Crippen LogP) is 2.89. The number of allylic oxidation sites excluding steroid dienone is 1. The smallest absolute Gasteiger partial charge is 0.222 e. The monoisotopic (exact) mass is 172 g/mol. The standard InChI is InChI=1S/C9H13ClO/c1-7-4-2-3-5-8(7)6-9(10)11/h8H,1-6H2. The third-order valence-corrected chi connectivity index (χ3v) is 2.44. The molecular formula is C9H13ClO. The van der Waals surface area contributed by atoms with Gasteiger partial charge >= 0.3 is 0 Å². The molecule has 0 aromatic rings. The summed E-state index contributed by atoms with van der Waals surface area (Å²) in [6.07, 6.45) is 5.10. The maximum Gasteiger partial charge on any atom is 0.222 e. The minimum absolute atomic E-state index is 0.224. The summed E-state index contributed by atoms with van der Waals surface area (Å²) in [5.41, 5.74) is 1.21. The maximum absolute atomic E-state index is 10.6. The lowest BCUT2D eigenvalue weighted by Gasteiger charge is -2.22. The van der Waals surface area contributed by atoms with Gasteiger partial charge in [0.05, 0.1) is 0 Å². The molecule has 1 nitrogen and oxygen atoms in total. The predicted molar refractivity (Wildman–Crippen MR) is 46.6 cm³/mol. The molecule has 62 valence electrons. The molecule has 1 aliphatic carbocycles. The molecule has 1 rings (SSSR count). The highest BCUT2D eigenvalue weighted by molar-refractivity contribution is 6.63. The summed E-state index contributed by atoms with van der Waals surface area (Å²) < 4.78 is 0. The molecule has 0 saturated heterocycles. The zero-order valence-corrected chi connectivity index (χ0v) is 7.36. The molecule has 0 bridgehead atoms. The van der Waals surface area contributed by atoms with Crippen molar-refractivity contribution in [1.82, 2.24) is 0 Å². The topological polar surface area (TPSA) is 17.1 Å². The molecule has 1 fully saturated rings. The van der Waals surface area contributed by atoms with Gasteiger partial charge in [-0.2, -0.15) is 0 Å². The van der Waals surface area contributed by atoms with Crippen LogP contribution in [0, 0.1) is 5.92 Å². The first-order valence-electron chi connectivity index (χ1n) is 4.06. The van der Waals surface area contributed by atoms with E-state index >= 15 is 0 Å². The molecule has 11 heavy (non-hydrogen) atoms. The van der Waals surface area contributed by atoms with Gasteiger partial charge in [0.15, 0.2) is 0 Å². The number of halogens is 1. The lowest BCUT2D eigenvalue weighted by Crippen LogP contribution is -2.11.